The smallest absolute Gasteiger partial charge is 0.166 e. The Kier molecular flexibility index (Phi) is 2.43. The van der Waals surface area contributed by atoms with Gasteiger partial charge < -0.3 is 0 Å². The van der Waals surface area contributed by atoms with E-state index >= 15 is 0 Å². The van der Waals surface area contributed by atoms with Crippen molar-refractivity contribution < 1.29 is 13.2 Å². The van der Waals surface area contributed by atoms with Crippen LogP contribution in [0.15, 0.2) is 18.2 Å². The lowest BCUT2D eigenvalue weighted by Crippen LogP contribution is -2.04. The van der Waals surface area contributed by atoms with Gasteiger partial charge in [-0.1, -0.05) is 11.6 Å². The van der Waals surface area contributed by atoms with Crippen LogP contribution in [0.4, 0.5) is 18.9 Å². The number of halogens is 4. The van der Waals surface area contributed by atoms with Gasteiger partial charge in [-0.3, -0.25) is 0 Å². The molecule has 0 N–H and O–H groups in total. The predicted molar refractivity (Wildman–Crippen MR) is 41.2 cm³/mol. The number of hydrogen-bond donors (Lipinski definition) is 0. The summed E-state index contributed by atoms with van der Waals surface area (Å²) in [7, 11) is 0. The molecule has 0 aliphatic rings. The average Bonchev–Trinajstić information content (AvgIpc) is 2.01. The molecule has 0 spiro atoms. The summed E-state index contributed by atoms with van der Waals surface area (Å²) in [6.45, 7) is 0. The fourth-order valence-electron chi connectivity index (χ4n) is 0.796. The molecule has 0 saturated heterocycles. The van der Waals surface area contributed by atoms with Gasteiger partial charge in [0.05, 0.1) is 11.6 Å². The zero-order chi connectivity index (χ0) is 10.1. The Morgan fingerprint density at radius 2 is 1.85 bits per heavy atom. The molecular weight excluding hydrogens is 205 g/mol. The molecule has 6 heteroatoms. The fourth-order valence-corrected chi connectivity index (χ4v) is 1.02. The maximum atomic E-state index is 12.1. The molecule has 1 aromatic rings. The van der Waals surface area contributed by atoms with Gasteiger partial charge in [0.25, 0.3) is 0 Å². The monoisotopic (exact) mass is 207 g/mol. The van der Waals surface area contributed by atoms with E-state index in [0.717, 1.165) is 12.1 Å². The molecule has 0 atom stereocenters. The zero-order valence-electron chi connectivity index (χ0n) is 6.14. The van der Waals surface area contributed by atoms with Crippen molar-refractivity contribution in [3.8, 4) is 0 Å². The van der Waals surface area contributed by atoms with Gasteiger partial charge in [0.1, 0.15) is 0 Å². The van der Waals surface area contributed by atoms with E-state index in [1.54, 1.807) is 0 Å². The molecule has 1 rings (SSSR count). The van der Waals surface area contributed by atoms with Crippen molar-refractivity contribution in [1.82, 2.24) is 0 Å². The molecule has 0 aliphatic carbocycles. The van der Waals surface area contributed by atoms with Crippen molar-refractivity contribution in [3.05, 3.63) is 33.8 Å². The molecule has 2 nitrogen and oxygen atoms in total. The van der Waals surface area contributed by atoms with Crippen molar-refractivity contribution in [1.29, 1.82) is 5.39 Å². The quantitative estimate of drug-likeness (QED) is 0.594. The molecule has 0 aromatic heterocycles. The minimum Gasteiger partial charge on any atom is -0.166 e. The molecule has 13 heavy (non-hydrogen) atoms. The summed E-state index contributed by atoms with van der Waals surface area (Å²) in [6, 6.07) is 2.58. The fraction of sp³-hybridized carbons (Fsp3) is 0.143. The highest BCUT2D eigenvalue weighted by molar-refractivity contribution is 6.30. The normalized spacial score (nSPS) is 11.0. The summed E-state index contributed by atoms with van der Waals surface area (Å²) in [6.07, 6.45) is -4.48. The molecule has 0 radical (unpaired) electrons. The van der Waals surface area contributed by atoms with Crippen molar-refractivity contribution in [2.75, 3.05) is 0 Å². The summed E-state index contributed by atoms with van der Waals surface area (Å²) < 4.78 is 36.3. The van der Waals surface area contributed by atoms with E-state index in [2.05, 4.69) is 4.98 Å². The maximum absolute atomic E-state index is 12.1. The van der Waals surface area contributed by atoms with Crippen LogP contribution in [0.3, 0.4) is 0 Å². The van der Waals surface area contributed by atoms with Crippen LogP contribution in [-0.4, -0.2) is 0 Å². The third-order valence-electron chi connectivity index (χ3n) is 1.33. The molecule has 0 amide bonds. The molecule has 1 aromatic carbocycles. The first-order valence-corrected chi connectivity index (χ1v) is 3.54. The van der Waals surface area contributed by atoms with E-state index in [-0.39, 0.29) is 10.7 Å². The first-order valence-electron chi connectivity index (χ1n) is 3.16. The number of nitrogens with zero attached hydrogens (tertiary/aromatic N) is 2. The van der Waals surface area contributed by atoms with Gasteiger partial charge in [0, 0.05) is 11.1 Å². The lowest BCUT2D eigenvalue weighted by molar-refractivity contribution is -0.137. The van der Waals surface area contributed by atoms with E-state index in [0.29, 0.717) is 6.07 Å². The Labute approximate surface area is 76.6 Å². The van der Waals surface area contributed by atoms with Gasteiger partial charge in [0.2, 0.25) is 5.39 Å². The summed E-state index contributed by atoms with van der Waals surface area (Å²) >= 11 is 5.36. The highest BCUT2D eigenvalue weighted by Crippen LogP contribution is 2.33. The maximum Gasteiger partial charge on any atom is 0.416 e. The summed E-state index contributed by atoms with van der Waals surface area (Å²) in [5, 5.41) is 8.13. The van der Waals surface area contributed by atoms with Gasteiger partial charge >= 0.3 is 11.9 Å². The van der Waals surface area contributed by atoms with E-state index in [9.17, 15) is 13.2 Å². The minimum absolute atomic E-state index is 0.123. The molecule has 0 aliphatic heterocycles. The van der Waals surface area contributed by atoms with Crippen LogP contribution in [0.5, 0.6) is 0 Å². The molecule has 0 saturated carbocycles. The Bertz CT molecular complexity index is 367. The van der Waals surface area contributed by atoms with Gasteiger partial charge in [-0.25, -0.2) is 0 Å². The number of rotatable bonds is 0. The minimum atomic E-state index is -4.48. The first-order chi connectivity index (χ1) is 5.93. The van der Waals surface area contributed by atoms with Gasteiger partial charge in [0.15, 0.2) is 4.98 Å². The molecule has 0 unspecified atom stereocenters. The molecular formula is C7H3ClF3N2+. The zero-order valence-corrected chi connectivity index (χ0v) is 6.89. The van der Waals surface area contributed by atoms with Crippen molar-refractivity contribution in [2.24, 2.45) is 0 Å². The SMILES string of the molecule is N#[N+]c1cc(Cl)cc(C(F)(F)F)c1. The van der Waals surface area contributed by atoms with Crippen LogP contribution in [0, 0.1) is 5.39 Å². The second kappa shape index (κ2) is 3.23. The van der Waals surface area contributed by atoms with Crippen molar-refractivity contribution >= 4 is 17.3 Å². The molecule has 0 bridgehead atoms. The van der Waals surface area contributed by atoms with Crippen LogP contribution in [0.1, 0.15) is 5.56 Å². The van der Waals surface area contributed by atoms with Crippen LogP contribution < -0.4 is 0 Å². The highest BCUT2D eigenvalue weighted by Gasteiger charge is 2.32. The van der Waals surface area contributed by atoms with E-state index in [1.165, 1.54) is 0 Å². The lowest BCUT2D eigenvalue weighted by Gasteiger charge is -2.04. The Balaban J connectivity index is 3.26. The largest absolute Gasteiger partial charge is 0.416 e. The predicted octanol–water partition coefficient (Wildman–Crippen LogP) is 3.84. The van der Waals surface area contributed by atoms with E-state index in [4.69, 9.17) is 17.0 Å². The average molecular weight is 208 g/mol. The summed E-state index contributed by atoms with van der Waals surface area (Å²) in [4.78, 5) is 2.62. The number of benzene rings is 1. The molecule has 68 valence electrons. The van der Waals surface area contributed by atoms with Gasteiger partial charge in [-0.15, -0.1) is 0 Å². The third-order valence-corrected chi connectivity index (χ3v) is 1.54. The van der Waals surface area contributed by atoms with Crippen molar-refractivity contribution in [3.63, 3.8) is 0 Å². The van der Waals surface area contributed by atoms with Crippen LogP contribution >= 0.6 is 11.6 Å². The Morgan fingerprint density at radius 3 is 2.31 bits per heavy atom. The van der Waals surface area contributed by atoms with Gasteiger partial charge in [-0.2, -0.15) is 13.2 Å². The standard InChI is InChI=1S/C7H3ClF3N2/c8-5-1-4(7(9,10)11)2-6(3-5)13-12/h1-3H/q+1. The van der Waals surface area contributed by atoms with E-state index < -0.39 is 11.7 Å². The second-order valence-corrected chi connectivity index (χ2v) is 2.73. The Morgan fingerprint density at radius 1 is 1.23 bits per heavy atom. The van der Waals surface area contributed by atoms with Crippen molar-refractivity contribution in [2.45, 2.75) is 6.18 Å². The molecule has 0 fully saturated rings. The number of alkyl halides is 3. The third kappa shape index (κ3) is 2.33. The Hall–Kier alpha value is -1.28. The van der Waals surface area contributed by atoms with E-state index in [1.807, 2.05) is 0 Å². The summed E-state index contributed by atoms with van der Waals surface area (Å²) in [5.41, 5.74) is -1.16. The van der Waals surface area contributed by atoms with Crippen LogP contribution in [-0.2, 0) is 6.18 Å². The molecule has 0 heterocycles. The van der Waals surface area contributed by atoms with Crippen LogP contribution in [0.2, 0.25) is 5.02 Å². The second-order valence-electron chi connectivity index (χ2n) is 2.30. The van der Waals surface area contributed by atoms with Gasteiger partial charge in [-0.05, 0) is 6.07 Å². The van der Waals surface area contributed by atoms with Crippen LogP contribution in [0.25, 0.3) is 4.98 Å². The summed E-state index contributed by atoms with van der Waals surface area (Å²) in [5.74, 6) is 0. The topological polar surface area (TPSA) is 28.1 Å². The highest BCUT2D eigenvalue weighted by atomic mass is 35.5. The lowest BCUT2D eigenvalue weighted by atomic mass is 10.2. The number of diazo groups is 1. The first kappa shape index (κ1) is 9.81. The number of hydrogen-bond acceptors (Lipinski definition) is 1.